The van der Waals surface area contributed by atoms with Crippen molar-refractivity contribution in [1.29, 1.82) is 0 Å². The summed E-state index contributed by atoms with van der Waals surface area (Å²) in [6.07, 6.45) is 2.72. The predicted octanol–water partition coefficient (Wildman–Crippen LogP) is -3.28. The van der Waals surface area contributed by atoms with E-state index in [0.717, 1.165) is 0 Å². The lowest BCUT2D eigenvalue weighted by Gasteiger charge is -2.30. The number of nitrogens with zero attached hydrogens (tertiary/aromatic N) is 2. The summed E-state index contributed by atoms with van der Waals surface area (Å²) in [5, 5.41) is 37.2. The number of amides is 15. The third kappa shape index (κ3) is 42.8. The third-order valence-corrected chi connectivity index (χ3v) is 17.6. The highest BCUT2D eigenvalue weighted by Gasteiger charge is 2.38. The fourth-order valence-electron chi connectivity index (χ4n) is 11.7. The number of hydrogen-bond acceptors (Lipinski definition) is 19. The van der Waals surface area contributed by atoms with Gasteiger partial charge in [0.1, 0.15) is 72.5 Å². The Bertz CT molecular complexity index is 3100. The average molecular weight is 1590 g/mol. The Morgan fingerprint density at radius 2 is 0.518 bits per heavy atom. The van der Waals surface area contributed by atoms with Crippen LogP contribution in [0.15, 0.2) is 9.98 Å². The summed E-state index contributed by atoms with van der Waals surface area (Å²) in [4.78, 5) is 215. The number of primary amides is 1. The third-order valence-electron chi connectivity index (χ3n) is 17.6. The number of aliphatic imine (C=N–C) groups is 2. The van der Waals surface area contributed by atoms with Gasteiger partial charge in [0.2, 0.25) is 88.6 Å². The van der Waals surface area contributed by atoms with Gasteiger partial charge >= 0.3 is 0 Å². The molecular weight excluding hydrogens is 1450 g/mol. The Morgan fingerprint density at radius 3 is 0.786 bits per heavy atom. The molecule has 38 nitrogen and oxygen atoms in total. The van der Waals surface area contributed by atoms with Gasteiger partial charge in [-0.15, -0.1) is 0 Å². The van der Waals surface area contributed by atoms with E-state index >= 15 is 0 Å². The van der Waals surface area contributed by atoms with Crippen molar-refractivity contribution in [1.82, 2.24) is 74.4 Å². The lowest BCUT2D eigenvalue weighted by molar-refractivity contribution is -0.136. The molecule has 15 amide bonds. The average Bonchev–Trinajstić information content (AvgIpc) is 0.849. The SMILES string of the molecule is CC(=O)N[C@@H](CCCCN)C(=O)N[C@H](C(=O)N[C@@H](CC(C)C)C(=O)NCC(=O)N[C@@H](CCCN=C(N)N)C(=O)N[C@@H](CC(C)C)C(=O)N[C@H](C(=O)N[C@@H](CCCCN)C(=O)N[C@H](C(=O)N[C@@H](CC(C)C)C(=O)NCC(=O)N[C@@H](CCCN=C(N)N)C(=O)N[C@@H](CC(C)C)C(=O)N[C@H](C(N)=O)C(C)C)C(C)C)C(C)C)C(C)C. The van der Waals surface area contributed by atoms with Crippen LogP contribution in [0.1, 0.15) is 208 Å². The molecule has 38 heteroatoms. The van der Waals surface area contributed by atoms with Crippen molar-refractivity contribution in [2.75, 3.05) is 39.3 Å². The van der Waals surface area contributed by atoms with Gasteiger partial charge in [-0.05, 0) is 150 Å². The maximum atomic E-state index is 14.5. The largest absolute Gasteiger partial charge is 0.370 e. The predicted molar refractivity (Wildman–Crippen MR) is 427 cm³/mol. The molecule has 0 saturated heterocycles. The highest BCUT2D eigenvalue weighted by molar-refractivity contribution is 6.00. The molecule has 0 aromatic carbocycles. The van der Waals surface area contributed by atoms with Crippen LogP contribution in [-0.2, 0) is 71.9 Å². The van der Waals surface area contributed by atoms with Gasteiger partial charge in [0.05, 0.1) is 13.1 Å². The zero-order valence-corrected chi connectivity index (χ0v) is 69.2. The van der Waals surface area contributed by atoms with Crippen LogP contribution in [0, 0.1) is 47.3 Å². The highest BCUT2D eigenvalue weighted by Crippen LogP contribution is 2.16. The van der Waals surface area contributed by atoms with E-state index in [9.17, 15) is 71.9 Å². The first-order chi connectivity index (χ1) is 52.3. The minimum Gasteiger partial charge on any atom is -0.370 e. The van der Waals surface area contributed by atoms with E-state index in [1.807, 2.05) is 27.7 Å². The van der Waals surface area contributed by atoms with Crippen molar-refractivity contribution in [2.45, 2.75) is 280 Å². The fourth-order valence-corrected chi connectivity index (χ4v) is 11.7. The number of rotatable bonds is 56. The van der Waals surface area contributed by atoms with Gasteiger partial charge in [-0.2, -0.15) is 0 Å². The van der Waals surface area contributed by atoms with E-state index < -0.39 is 192 Å². The molecule has 0 heterocycles. The van der Waals surface area contributed by atoms with Crippen LogP contribution in [0.3, 0.4) is 0 Å². The zero-order valence-electron chi connectivity index (χ0n) is 69.2. The van der Waals surface area contributed by atoms with Crippen LogP contribution >= 0.6 is 0 Å². The Labute approximate surface area is 661 Å². The Kier molecular flexibility index (Phi) is 49.6. The molecule has 0 saturated carbocycles. The van der Waals surface area contributed by atoms with E-state index in [4.69, 9.17) is 40.1 Å². The van der Waals surface area contributed by atoms with E-state index in [-0.39, 0.29) is 125 Å². The first kappa shape index (κ1) is 103. The van der Waals surface area contributed by atoms with Crippen molar-refractivity contribution in [2.24, 2.45) is 97.5 Å². The Balaban J connectivity index is 6.84. The molecule has 0 spiro atoms. The zero-order chi connectivity index (χ0) is 85.8. The number of carbonyl (C=O) groups is 15. The normalized spacial score (nSPS) is 14.6. The molecule has 0 radical (unpaired) electrons. The second kappa shape index (κ2) is 54.2. The molecule has 0 aliphatic heterocycles. The van der Waals surface area contributed by atoms with Crippen molar-refractivity contribution < 1.29 is 71.9 Å². The molecular formula is C74H139N23O15. The van der Waals surface area contributed by atoms with Crippen molar-refractivity contribution in [3.05, 3.63) is 0 Å². The van der Waals surface area contributed by atoms with Gasteiger partial charge in [0.15, 0.2) is 11.9 Å². The first-order valence-corrected chi connectivity index (χ1v) is 39.2. The molecule has 640 valence electrons. The first-order valence-electron chi connectivity index (χ1n) is 39.2. The number of guanidine groups is 2. The van der Waals surface area contributed by atoms with Gasteiger partial charge in [-0.3, -0.25) is 81.9 Å². The summed E-state index contributed by atoms with van der Waals surface area (Å²) < 4.78 is 0. The molecule has 0 aromatic rings. The molecule has 112 heavy (non-hydrogen) atoms. The van der Waals surface area contributed by atoms with Crippen LogP contribution in [0.2, 0.25) is 0 Å². The highest BCUT2D eigenvalue weighted by atomic mass is 16.2. The van der Waals surface area contributed by atoms with Crippen molar-refractivity contribution >= 4 is 101 Å². The molecule has 0 unspecified atom stereocenters. The van der Waals surface area contributed by atoms with Crippen LogP contribution in [0.4, 0.5) is 0 Å². The lowest BCUT2D eigenvalue weighted by Crippen LogP contribution is -2.61. The van der Waals surface area contributed by atoms with E-state index in [2.05, 4.69) is 84.4 Å². The molecule has 12 atom stereocenters. The van der Waals surface area contributed by atoms with Crippen LogP contribution in [0.5, 0.6) is 0 Å². The number of nitrogens with one attached hydrogen (secondary N) is 14. The van der Waals surface area contributed by atoms with E-state index in [1.165, 1.54) is 6.92 Å². The summed E-state index contributed by atoms with van der Waals surface area (Å²) in [6, 6.07) is -14.7. The smallest absolute Gasteiger partial charge is 0.243 e. The molecule has 0 aromatic heterocycles. The second-order valence-corrected chi connectivity index (χ2v) is 31.5. The summed E-state index contributed by atoms with van der Waals surface area (Å²) >= 11 is 0. The number of nitrogens with two attached hydrogens (primary N) is 7. The van der Waals surface area contributed by atoms with Gasteiger partial charge < -0.3 is 115 Å². The van der Waals surface area contributed by atoms with Gasteiger partial charge in [0, 0.05) is 20.0 Å². The maximum absolute atomic E-state index is 14.5. The van der Waals surface area contributed by atoms with Crippen molar-refractivity contribution in [3.8, 4) is 0 Å². The topological polar surface area (TPSA) is 631 Å². The minimum absolute atomic E-state index is 0.0174. The Hall–Kier alpha value is -9.49. The van der Waals surface area contributed by atoms with Crippen LogP contribution in [-0.4, -0.2) is 212 Å². The van der Waals surface area contributed by atoms with Crippen LogP contribution < -0.4 is 115 Å². The summed E-state index contributed by atoms with van der Waals surface area (Å²) in [5.41, 5.74) is 39.2. The lowest BCUT2D eigenvalue weighted by atomic mass is 9.98. The quantitative estimate of drug-likeness (QED) is 0.0161. The second-order valence-electron chi connectivity index (χ2n) is 31.5. The fraction of sp³-hybridized carbons (Fsp3) is 0.770. The molecule has 0 rings (SSSR count). The number of carbonyl (C=O) groups excluding carboxylic acids is 15. The van der Waals surface area contributed by atoms with Crippen LogP contribution in [0.25, 0.3) is 0 Å². The summed E-state index contributed by atoms with van der Waals surface area (Å²) in [5.74, 6) is -14.5. The van der Waals surface area contributed by atoms with E-state index in [1.54, 1.807) is 83.1 Å². The maximum Gasteiger partial charge on any atom is 0.243 e. The van der Waals surface area contributed by atoms with E-state index in [0.29, 0.717) is 32.2 Å². The molecule has 0 aliphatic carbocycles. The van der Waals surface area contributed by atoms with Gasteiger partial charge in [-0.25, -0.2) is 0 Å². The molecule has 0 bridgehead atoms. The van der Waals surface area contributed by atoms with Gasteiger partial charge in [0.25, 0.3) is 0 Å². The number of hydrogen-bond donors (Lipinski definition) is 21. The summed E-state index contributed by atoms with van der Waals surface area (Å²) in [6.45, 7) is 28.4. The Morgan fingerprint density at radius 1 is 0.277 bits per heavy atom. The molecule has 0 aliphatic rings. The molecule has 0 fully saturated rings. The van der Waals surface area contributed by atoms with Gasteiger partial charge in [-0.1, -0.05) is 111 Å². The standard InChI is InChI=1S/C74H139N23O15/c1-38(2)32-51(92-71(111)59(44(13)14)95-66(106)47(86-46(17)98)24-18-20-28-75)62(102)84-37-56(100)88-49(27-23-31-83-74(80)81)65(105)91-54(35-41(7)8)69(109)97-58(43(11)12)70(110)89-50(25-19-21-29-76)67(107)96-60(45(15)16)72(112)93-52(33-39(3)4)63(103)85-36-55(99)87-48(26-22-30-82-73(78)79)64(104)90-53(34-40(5)6)68(108)94-57(42(9)10)61(77)101/h38-45,47-54,57-60H,18-37,75-76H2,1-17H3,(H2,77,101)(H,84,102)(H,85,103)(H,86,98)(H,87,99)(H,88,100)(H,89,110)(H,90,104)(H,91,105)(H,92,111)(H,93,112)(H,94,108)(H,95,106)(H,96,107)(H,97,109)(H4,78,79,82)(H4,80,81,83)/t47-,48-,49-,50-,51-,52-,53-,54-,57-,58-,59-,60-/m0/s1. The number of unbranched alkanes of at least 4 members (excludes halogenated alkanes) is 2. The summed E-state index contributed by atoms with van der Waals surface area (Å²) in [7, 11) is 0. The monoisotopic (exact) mass is 1590 g/mol. The minimum atomic E-state index is -1.36. The molecule has 28 N–H and O–H groups in total. The van der Waals surface area contributed by atoms with Crippen molar-refractivity contribution in [3.63, 3.8) is 0 Å².